The van der Waals surface area contributed by atoms with E-state index in [1.165, 1.54) is 30.7 Å². The van der Waals surface area contributed by atoms with Crippen molar-refractivity contribution in [2.45, 2.75) is 43.3 Å². The van der Waals surface area contributed by atoms with Crippen LogP contribution >= 0.6 is 27.7 Å². The largest absolute Gasteiger partial charge is 0.309 e. The lowest BCUT2D eigenvalue weighted by molar-refractivity contribution is -0.127. The Hall–Kier alpha value is -0.850. The molecule has 3 aliphatic rings. The summed E-state index contributed by atoms with van der Waals surface area (Å²) in [5, 5.41) is 3.55. The maximum absolute atomic E-state index is 13.9. The lowest BCUT2D eigenvalue weighted by atomic mass is 9.91. The predicted octanol–water partition coefficient (Wildman–Crippen LogP) is 3.70. The van der Waals surface area contributed by atoms with Crippen LogP contribution in [0.15, 0.2) is 27.6 Å². The number of halogens is 2. The molecule has 0 spiro atoms. The Morgan fingerprint density at radius 1 is 1.36 bits per heavy atom. The molecule has 1 saturated carbocycles. The number of carbonyl (C=O) groups is 1. The van der Waals surface area contributed by atoms with Gasteiger partial charge in [-0.15, -0.1) is 0 Å². The van der Waals surface area contributed by atoms with Gasteiger partial charge in [0.05, 0.1) is 4.91 Å². The van der Waals surface area contributed by atoms with Crippen LogP contribution in [0.3, 0.4) is 0 Å². The molecule has 3 unspecified atom stereocenters. The van der Waals surface area contributed by atoms with Crippen molar-refractivity contribution in [3.8, 4) is 0 Å². The first kappa shape index (κ1) is 14.7. The number of nitrogens with one attached hydrogen (secondary N) is 1. The molecular weight excluding hydrogens is 367 g/mol. The fraction of sp³-hybridized carbons (Fsp3) is 0.438. The average molecular weight is 383 g/mol. The van der Waals surface area contributed by atoms with Gasteiger partial charge in [0, 0.05) is 22.1 Å². The first-order chi connectivity index (χ1) is 10.6. The molecule has 2 aliphatic heterocycles. The fourth-order valence-electron chi connectivity index (χ4n) is 3.58. The van der Waals surface area contributed by atoms with Crippen molar-refractivity contribution in [2.75, 3.05) is 0 Å². The van der Waals surface area contributed by atoms with E-state index in [-0.39, 0.29) is 17.2 Å². The second-order valence-corrected chi connectivity index (χ2v) is 8.02. The van der Waals surface area contributed by atoms with E-state index < -0.39 is 0 Å². The monoisotopic (exact) mass is 382 g/mol. The number of hydrogen-bond acceptors (Lipinski definition) is 3. The molecule has 1 aromatic carbocycles. The van der Waals surface area contributed by atoms with E-state index in [0.717, 1.165) is 17.3 Å². The maximum atomic E-state index is 13.9. The van der Waals surface area contributed by atoms with Gasteiger partial charge in [0.1, 0.15) is 11.3 Å². The van der Waals surface area contributed by atoms with Gasteiger partial charge in [-0.05, 0) is 37.1 Å². The summed E-state index contributed by atoms with van der Waals surface area (Å²) in [5.74, 6) is -0.268. The Kier molecular flexibility index (Phi) is 3.78. The fourth-order valence-corrected chi connectivity index (χ4v) is 5.21. The molecule has 6 heteroatoms. The van der Waals surface area contributed by atoms with Crippen LogP contribution in [0.1, 0.15) is 31.2 Å². The van der Waals surface area contributed by atoms with E-state index in [1.54, 1.807) is 18.2 Å². The summed E-state index contributed by atoms with van der Waals surface area (Å²) >= 11 is 4.85. The van der Waals surface area contributed by atoms with Crippen LogP contribution < -0.4 is 5.32 Å². The molecule has 2 saturated heterocycles. The molecule has 0 aromatic heterocycles. The zero-order valence-electron chi connectivity index (χ0n) is 11.9. The van der Waals surface area contributed by atoms with Crippen molar-refractivity contribution in [2.24, 2.45) is 0 Å². The van der Waals surface area contributed by atoms with E-state index in [2.05, 4.69) is 21.2 Å². The molecule has 3 atom stereocenters. The van der Waals surface area contributed by atoms with Gasteiger partial charge in [0.2, 0.25) is 0 Å². The third-order valence-electron chi connectivity index (χ3n) is 4.62. The summed E-state index contributed by atoms with van der Waals surface area (Å²) < 4.78 is 14.7. The van der Waals surface area contributed by atoms with E-state index >= 15 is 0 Å². The van der Waals surface area contributed by atoms with Gasteiger partial charge < -0.3 is 4.90 Å². The minimum absolute atomic E-state index is 0.0158. The smallest absolute Gasteiger partial charge is 0.262 e. The van der Waals surface area contributed by atoms with Gasteiger partial charge in [-0.3, -0.25) is 10.1 Å². The van der Waals surface area contributed by atoms with Gasteiger partial charge in [0.25, 0.3) is 5.91 Å². The van der Waals surface area contributed by atoms with Gasteiger partial charge in [-0.25, -0.2) is 4.39 Å². The lowest BCUT2D eigenvalue weighted by Gasteiger charge is -2.29. The van der Waals surface area contributed by atoms with Crippen molar-refractivity contribution in [3.05, 3.63) is 39.0 Å². The van der Waals surface area contributed by atoms with Crippen LogP contribution in [0.5, 0.6) is 0 Å². The van der Waals surface area contributed by atoms with Crippen LogP contribution in [0.4, 0.5) is 4.39 Å². The number of fused-ring (bicyclic) bond motifs is 3. The number of benzene rings is 1. The van der Waals surface area contributed by atoms with Gasteiger partial charge in [-0.2, -0.15) is 0 Å². The Balaban J connectivity index is 1.62. The molecule has 0 radical (unpaired) electrons. The molecule has 0 bridgehead atoms. The highest BCUT2D eigenvalue weighted by atomic mass is 79.9. The first-order valence-corrected chi connectivity index (χ1v) is 9.23. The van der Waals surface area contributed by atoms with E-state index in [4.69, 9.17) is 0 Å². The van der Waals surface area contributed by atoms with E-state index in [1.807, 2.05) is 4.90 Å². The van der Waals surface area contributed by atoms with Gasteiger partial charge in [0.15, 0.2) is 0 Å². The average Bonchev–Trinajstić information content (AvgIpc) is 3.00. The summed E-state index contributed by atoms with van der Waals surface area (Å²) in [6.07, 6.45) is 6.30. The predicted molar refractivity (Wildman–Crippen MR) is 89.5 cm³/mol. The quantitative estimate of drug-likeness (QED) is 0.751. The van der Waals surface area contributed by atoms with Crippen molar-refractivity contribution >= 4 is 39.7 Å². The number of carbonyl (C=O) groups excluding carboxylic acids is 1. The summed E-state index contributed by atoms with van der Waals surface area (Å²) in [6, 6.07) is 5.51. The molecule has 1 aliphatic carbocycles. The minimum Gasteiger partial charge on any atom is -0.309 e. The Morgan fingerprint density at radius 3 is 3.05 bits per heavy atom. The topological polar surface area (TPSA) is 32.3 Å². The zero-order chi connectivity index (χ0) is 15.3. The molecule has 3 fully saturated rings. The van der Waals surface area contributed by atoms with Crippen LogP contribution in [-0.2, 0) is 4.79 Å². The lowest BCUT2D eigenvalue weighted by Crippen LogP contribution is -2.40. The zero-order valence-corrected chi connectivity index (χ0v) is 14.3. The van der Waals surface area contributed by atoms with Crippen molar-refractivity contribution in [3.63, 3.8) is 0 Å². The van der Waals surface area contributed by atoms with E-state index in [0.29, 0.717) is 22.6 Å². The summed E-state index contributed by atoms with van der Waals surface area (Å²) in [6.45, 7) is 0. The van der Waals surface area contributed by atoms with Crippen LogP contribution in [0.2, 0.25) is 0 Å². The van der Waals surface area contributed by atoms with Crippen molar-refractivity contribution < 1.29 is 9.18 Å². The molecule has 116 valence electrons. The molecule has 3 nitrogen and oxygen atoms in total. The summed E-state index contributed by atoms with van der Waals surface area (Å²) in [5.41, 5.74) is 0.466. The van der Waals surface area contributed by atoms with Gasteiger partial charge in [-0.1, -0.05) is 40.5 Å². The highest BCUT2D eigenvalue weighted by molar-refractivity contribution is 9.10. The molecule has 2 heterocycles. The first-order valence-electron chi connectivity index (χ1n) is 7.55. The van der Waals surface area contributed by atoms with E-state index in [9.17, 15) is 9.18 Å². The maximum Gasteiger partial charge on any atom is 0.262 e. The Labute approximate surface area is 141 Å². The second kappa shape index (κ2) is 5.65. The normalized spacial score (nSPS) is 32.5. The highest BCUT2D eigenvalue weighted by Gasteiger charge is 2.49. The molecule has 1 aromatic rings. The standard InChI is InChI=1S/C16H16BrFN2OS/c17-10-5-6-11(18)9(7-10)8-14-15(21)20-13-4-2-1-3-12(13)19-16(20)22-14/h5-8,12-13,16,19H,1-4H2. The molecular formula is C16H16BrFN2OS. The van der Waals surface area contributed by atoms with Gasteiger partial charge >= 0.3 is 0 Å². The third kappa shape index (κ3) is 2.41. The van der Waals surface area contributed by atoms with Crippen molar-refractivity contribution in [1.29, 1.82) is 0 Å². The highest BCUT2D eigenvalue weighted by Crippen LogP contribution is 2.43. The number of thioether (sulfide) groups is 1. The number of nitrogens with zero attached hydrogens (tertiary/aromatic N) is 1. The number of rotatable bonds is 1. The summed E-state index contributed by atoms with van der Waals surface area (Å²) in [4.78, 5) is 15.3. The second-order valence-electron chi connectivity index (χ2n) is 5.98. The minimum atomic E-state index is -0.306. The molecule has 22 heavy (non-hydrogen) atoms. The van der Waals surface area contributed by atoms with Crippen LogP contribution in [-0.4, -0.2) is 28.4 Å². The Morgan fingerprint density at radius 2 is 2.18 bits per heavy atom. The van der Waals surface area contributed by atoms with Crippen LogP contribution in [0.25, 0.3) is 6.08 Å². The molecule has 4 rings (SSSR count). The third-order valence-corrected chi connectivity index (χ3v) is 6.25. The number of hydrogen-bond donors (Lipinski definition) is 1. The van der Waals surface area contributed by atoms with Crippen molar-refractivity contribution in [1.82, 2.24) is 10.2 Å². The molecule has 1 N–H and O–H groups in total. The SMILES string of the molecule is O=C1C(=Cc2cc(Br)ccc2F)SC2NC3CCCCC3N12. The van der Waals surface area contributed by atoms with Crippen LogP contribution in [0, 0.1) is 5.82 Å². The summed E-state index contributed by atoms with van der Waals surface area (Å²) in [7, 11) is 0. The molecule has 1 amide bonds. The number of amides is 1. The Bertz CT molecular complexity index is 666.